The molecule has 0 spiro atoms. The van der Waals surface area contributed by atoms with Crippen molar-refractivity contribution >= 4 is 5.97 Å². The number of hydrogen-bond acceptors (Lipinski definition) is 5. The molecule has 1 N–H and O–H groups in total. The van der Waals surface area contributed by atoms with E-state index in [-0.39, 0.29) is 30.8 Å². The molecule has 0 saturated carbocycles. The number of carbonyl (C=O) groups excluding carboxylic acids is 1. The molecule has 0 aromatic rings. The van der Waals surface area contributed by atoms with Gasteiger partial charge in [-0.25, -0.2) is 0 Å². The molecular formula is C12H23NO4. The van der Waals surface area contributed by atoms with Crippen LogP contribution in [0.2, 0.25) is 0 Å². The normalized spacial score (nSPS) is 27.8. The van der Waals surface area contributed by atoms with Crippen LogP contribution in [-0.2, 0) is 14.3 Å². The molecular weight excluding hydrogens is 222 g/mol. The van der Waals surface area contributed by atoms with Crippen LogP contribution in [0.3, 0.4) is 0 Å². The molecule has 5 nitrogen and oxygen atoms in total. The minimum atomic E-state index is -0.167. The van der Waals surface area contributed by atoms with Crippen molar-refractivity contribution in [1.29, 1.82) is 0 Å². The number of nitrogens with zero attached hydrogens (tertiary/aromatic N) is 1. The molecule has 0 aromatic carbocycles. The van der Waals surface area contributed by atoms with E-state index in [1.807, 2.05) is 13.8 Å². The van der Waals surface area contributed by atoms with Crippen molar-refractivity contribution in [3.8, 4) is 0 Å². The van der Waals surface area contributed by atoms with Gasteiger partial charge in [-0.15, -0.1) is 0 Å². The molecule has 3 atom stereocenters. The molecule has 0 aliphatic carbocycles. The molecule has 1 aliphatic rings. The molecule has 3 unspecified atom stereocenters. The Balaban J connectivity index is 2.47. The summed E-state index contributed by atoms with van der Waals surface area (Å²) in [7, 11) is 0. The number of ether oxygens (including phenoxy) is 2. The number of rotatable bonds is 5. The van der Waals surface area contributed by atoms with Crippen LogP contribution in [0.1, 0.15) is 27.2 Å². The highest BCUT2D eigenvalue weighted by molar-refractivity contribution is 5.70. The molecule has 0 amide bonds. The summed E-state index contributed by atoms with van der Waals surface area (Å²) >= 11 is 0. The van der Waals surface area contributed by atoms with Crippen molar-refractivity contribution in [3.05, 3.63) is 0 Å². The Bertz CT molecular complexity index is 247. The SMILES string of the molecule is CCOC(=O)CC(C)N1CC(CO)OCC1C. The van der Waals surface area contributed by atoms with Gasteiger partial charge >= 0.3 is 5.97 Å². The summed E-state index contributed by atoms with van der Waals surface area (Å²) in [5, 5.41) is 9.10. The number of aliphatic hydroxyl groups excluding tert-OH is 1. The lowest BCUT2D eigenvalue weighted by Crippen LogP contribution is -2.53. The smallest absolute Gasteiger partial charge is 0.307 e. The van der Waals surface area contributed by atoms with Gasteiger partial charge in [-0.1, -0.05) is 0 Å². The summed E-state index contributed by atoms with van der Waals surface area (Å²) in [6.07, 6.45) is 0.243. The highest BCUT2D eigenvalue weighted by Crippen LogP contribution is 2.17. The fourth-order valence-electron chi connectivity index (χ4n) is 2.14. The van der Waals surface area contributed by atoms with Gasteiger partial charge < -0.3 is 14.6 Å². The van der Waals surface area contributed by atoms with Crippen molar-refractivity contribution < 1.29 is 19.4 Å². The van der Waals surface area contributed by atoms with Crippen LogP contribution in [0.4, 0.5) is 0 Å². The second-order valence-corrected chi connectivity index (χ2v) is 4.54. The van der Waals surface area contributed by atoms with Crippen LogP contribution >= 0.6 is 0 Å². The predicted molar refractivity (Wildman–Crippen MR) is 63.7 cm³/mol. The molecule has 0 aromatic heterocycles. The minimum absolute atomic E-state index is 0.0232. The largest absolute Gasteiger partial charge is 0.466 e. The van der Waals surface area contributed by atoms with Gasteiger partial charge in [0.15, 0.2) is 0 Å². The molecule has 17 heavy (non-hydrogen) atoms. The summed E-state index contributed by atoms with van der Waals surface area (Å²) in [6.45, 7) is 7.58. The van der Waals surface area contributed by atoms with Gasteiger partial charge in [-0.05, 0) is 20.8 Å². The summed E-state index contributed by atoms with van der Waals surface area (Å²) in [6, 6.07) is 0.379. The van der Waals surface area contributed by atoms with Gasteiger partial charge in [0.1, 0.15) is 0 Å². The third kappa shape index (κ3) is 4.26. The summed E-state index contributed by atoms with van der Waals surface area (Å²) in [5.74, 6) is -0.167. The van der Waals surface area contributed by atoms with Crippen molar-refractivity contribution in [2.45, 2.75) is 45.4 Å². The number of esters is 1. The fourth-order valence-corrected chi connectivity index (χ4v) is 2.14. The van der Waals surface area contributed by atoms with Gasteiger partial charge in [0, 0.05) is 18.6 Å². The predicted octanol–water partition coefficient (Wildman–Crippen LogP) is 0.410. The zero-order chi connectivity index (χ0) is 12.8. The first kappa shape index (κ1) is 14.4. The number of aliphatic hydroxyl groups is 1. The standard InChI is InChI=1S/C12H23NO4/c1-4-16-12(15)5-9(2)13-6-11(7-14)17-8-10(13)3/h9-11,14H,4-8H2,1-3H3. The topological polar surface area (TPSA) is 59.0 Å². The minimum Gasteiger partial charge on any atom is -0.466 e. The van der Waals surface area contributed by atoms with Crippen molar-refractivity contribution in [2.75, 3.05) is 26.4 Å². The van der Waals surface area contributed by atoms with Crippen LogP contribution in [0, 0.1) is 0 Å². The van der Waals surface area contributed by atoms with E-state index in [2.05, 4.69) is 11.8 Å². The second-order valence-electron chi connectivity index (χ2n) is 4.54. The lowest BCUT2D eigenvalue weighted by molar-refractivity contribution is -0.146. The van der Waals surface area contributed by atoms with Gasteiger partial charge in [0.05, 0.1) is 32.3 Å². The van der Waals surface area contributed by atoms with Crippen LogP contribution in [-0.4, -0.2) is 60.5 Å². The molecule has 0 bridgehead atoms. The first-order valence-electron chi connectivity index (χ1n) is 6.22. The van der Waals surface area contributed by atoms with Crippen LogP contribution < -0.4 is 0 Å². The van der Waals surface area contributed by atoms with Gasteiger partial charge in [-0.2, -0.15) is 0 Å². The molecule has 1 heterocycles. The van der Waals surface area contributed by atoms with E-state index in [0.29, 0.717) is 26.2 Å². The maximum atomic E-state index is 11.4. The first-order chi connectivity index (χ1) is 8.08. The van der Waals surface area contributed by atoms with E-state index in [9.17, 15) is 4.79 Å². The Morgan fingerprint density at radius 1 is 1.65 bits per heavy atom. The van der Waals surface area contributed by atoms with Gasteiger partial charge in [0.2, 0.25) is 0 Å². The average molecular weight is 245 g/mol. The molecule has 100 valence electrons. The molecule has 1 saturated heterocycles. The second kappa shape index (κ2) is 6.93. The Hall–Kier alpha value is -0.650. The third-order valence-corrected chi connectivity index (χ3v) is 3.09. The Kier molecular flexibility index (Phi) is 5.88. The van der Waals surface area contributed by atoms with E-state index < -0.39 is 0 Å². The van der Waals surface area contributed by atoms with Crippen LogP contribution in [0.15, 0.2) is 0 Å². The van der Waals surface area contributed by atoms with Crippen molar-refractivity contribution in [1.82, 2.24) is 4.90 Å². The fraction of sp³-hybridized carbons (Fsp3) is 0.917. The third-order valence-electron chi connectivity index (χ3n) is 3.09. The van der Waals surface area contributed by atoms with Gasteiger partial charge in [-0.3, -0.25) is 9.69 Å². The van der Waals surface area contributed by atoms with E-state index >= 15 is 0 Å². The highest BCUT2D eigenvalue weighted by Gasteiger charge is 2.30. The zero-order valence-corrected chi connectivity index (χ0v) is 10.9. The van der Waals surface area contributed by atoms with Crippen LogP contribution in [0.25, 0.3) is 0 Å². The van der Waals surface area contributed by atoms with E-state index in [1.54, 1.807) is 0 Å². The lowest BCUT2D eigenvalue weighted by Gasteiger charge is -2.40. The van der Waals surface area contributed by atoms with Crippen LogP contribution in [0.5, 0.6) is 0 Å². The lowest BCUT2D eigenvalue weighted by atomic mass is 10.1. The monoisotopic (exact) mass is 245 g/mol. The molecule has 0 radical (unpaired) electrons. The quantitative estimate of drug-likeness (QED) is 0.711. The number of hydrogen-bond donors (Lipinski definition) is 1. The molecule has 1 fully saturated rings. The van der Waals surface area contributed by atoms with Crippen molar-refractivity contribution in [2.24, 2.45) is 0 Å². The molecule has 1 aliphatic heterocycles. The first-order valence-corrected chi connectivity index (χ1v) is 6.22. The average Bonchev–Trinajstić information content (AvgIpc) is 2.29. The van der Waals surface area contributed by atoms with E-state index in [1.165, 1.54) is 0 Å². The highest BCUT2D eigenvalue weighted by atomic mass is 16.5. The summed E-state index contributed by atoms with van der Waals surface area (Å²) in [4.78, 5) is 13.6. The molecule has 5 heteroatoms. The molecule has 1 rings (SSSR count). The Morgan fingerprint density at radius 2 is 2.35 bits per heavy atom. The number of carbonyl (C=O) groups is 1. The van der Waals surface area contributed by atoms with E-state index in [4.69, 9.17) is 14.6 Å². The van der Waals surface area contributed by atoms with Crippen molar-refractivity contribution in [3.63, 3.8) is 0 Å². The maximum absolute atomic E-state index is 11.4. The maximum Gasteiger partial charge on any atom is 0.307 e. The Labute approximate surface area is 103 Å². The van der Waals surface area contributed by atoms with Gasteiger partial charge in [0.25, 0.3) is 0 Å². The summed E-state index contributed by atoms with van der Waals surface area (Å²) < 4.78 is 10.4. The Morgan fingerprint density at radius 3 is 2.94 bits per heavy atom. The number of morpholine rings is 1. The summed E-state index contributed by atoms with van der Waals surface area (Å²) in [5.41, 5.74) is 0. The zero-order valence-electron chi connectivity index (χ0n) is 10.9. The van der Waals surface area contributed by atoms with E-state index in [0.717, 1.165) is 0 Å².